The van der Waals surface area contributed by atoms with Gasteiger partial charge in [0.25, 0.3) is 0 Å². The van der Waals surface area contributed by atoms with Gasteiger partial charge >= 0.3 is 18.1 Å². The minimum absolute atomic E-state index is 0.121. The molecular weight excluding hydrogens is 556 g/mol. The van der Waals surface area contributed by atoms with E-state index < -0.39 is 24.2 Å². The summed E-state index contributed by atoms with van der Waals surface area (Å²) in [6.45, 7) is 6.66. The summed E-state index contributed by atoms with van der Waals surface area (Å²) in [5.41, 5.74) is 1.93. The first kappa shape index (κ1) is 28.8. The number of carbonyl (C=O) groups excluding carboxylic acids is 2. The van der Waals surface area contributed by atoms with Crippen LogP contribution in [-0.4, -0.2) is 31.2 Å². The zero-order valence-corrected chi connectivity index (χ0v) is 22.8. The lowest BCUT2D eigenvalue weighted by Gasteiger charge is -2.48. The number of anilines is 2. The number of benzene rings is 3. The van der Waals surface area contributed by atoms with Crippen LogP contribution in [-0.2, 0) is 14.9 Å². The van der Waals surface area contributed by atoms with E-state index in [-0.39, 0.29) is 27.9 Å². The molecule has 4 aromatic rings. The number of hydrogen-bond acceptors (Lipinski definition) is 7. The van der Waals surface area contributed by atoms with E-state index in [4.69, 9.17) is 4.42 Å². The molecule has 0 saturated carbocycles. The molecule has 218 valence electrons. The normalized spacial score (nSPS) is 15.2. The molecule has 1 aliphatic heterocycles. The van der Waals surface area contributed by atoms with Gasteiger partial charge in [-0.2, -0.15) is 13.2 Å². The second kappa shape index (κ2) is 10.6. The number of rotatable bonds is 6. The van der Waals surface area contributed by atoms with E-state index in [9.17, 15) is 31.9 Å². The number of nitrogens with one attached hydrogen (secondary N) is 1. The Kier molecular flexibility index (Phi) is 7.30. The van der Waals surface area contributed by atoms with Crippen molar-refractivity contribution in [3.8, 4) is 0 Å². The molecule has 0 radical (unpaired) electrons. The third kappa shape index (κ3) is 5.59. The Morgan fingerprint density at radius 2 is 1.71 bits per heavy atom. The van der Waals surface area contributed by atoms with Gasteiger partial charge in [0, 0.05) is 35.8 Å². The topological polar surface area (TPSA) is 88.8 Å². The van der Waals surface area contributed by atoms with Crippen LogP contribution in [0.2, 0.25) is 0 Å². The second-order valence-corrected chi connectivity index (χ2v) is 10.7. The van der Waals surface area contributed by atoms with Crippen LogP contribution in [0.5, 0.6) is 0 Å². The van der Waals surface area contributed by atoms with Gasteiger partial charge in [0.1, 0.15) is 11.4 Å². The molecule has 0 amide bonds. The average Bonchev–Trinajstić information content (AvgIpc) is 2.91. The molecule has 5 rings (SSSR count). The fourth-order valence-electron chi connectivity index (χ4n) is 5.18. The number of fused-ring (bicyclic) bond motifs is 1. The Morgan fingerprint density at radius 1 is 1.05 bits per heavy atom. The van der Waals surface area contributed by atoms with Gasteiger partial charge in [-0.15, -0.1) is 0 Å². The SMILES string of the molecule is Cc1cc(C(C)Nc2ccccc2C(=O)OC(=O)C(F)(F)F)c2oc(N3CC(C)(c4ccc(F)cc4)C3)cc(=O)c2c1. The molecule has 42 heavy (non-hydrogen) atoms. The summed E-state index contributed by atoms with van der Waals surface area (Å²) in [6, 6.07) is 16.3. The smallest absolute Gasteiger partial charge is 0.440 e. The Balaban J connectivity index is 1.44. The minimum atomic E-state index is -5.33. The van der Waals surface area contributed by atoms with Gasteiger partial charge in [-0.1, -0.05) is 37.3 Å². The van der Waals surface area contributed by atoms with Crippen molar-refractivity contribution < 1.29 is 36.3 Å². The summed E-state index contributed by atoms with van der Waals surface area (Å²) in [5.74, 6) is -4.04. The first-order chi connectivity index (χ1) is 19.7. The van der Waals surface area contributed by atoms with Crippen LogP contribution in [0.4, 0.5) is 29.1 Å². The van der Waals surface area contributed by atoms with Crippen LogP contribution in [0.15, 0.2) is 75.9 Å². The number of aryl methyl sites for hydroxylation is 1. The number of carbonyl (C=O) groups is 2. The quantitative estimate of drug-likeness (QED) is 0.159. The first-order valence-electron chi connectivity index (χ1n) is 13.0. The molecule has 1 atom stereocenters. The van der Waals surface area contributed by atoms with Crippen LogP contribution < -0.4 is 15.6 Å². The lowest BCUT2D eigenvalue weighted by molar-refractivity contribution is -0.193. The molecule has 1 N–H and O–H groups in total. The Hall–Kier alpha value is -4.67. The number of hydrogen-bond donors (Lipinski definition) is 1. The van der Waals surface area contributed by atoms with Crippen molar-refractivity contribution >= 4 is 34.5 Å². The maximum Gasteiger partial charge on any atom is 0.491 e. The van der Waals surface area contributed by atoms with Crippen LogP contribution >= 0.6 is 0 Å². The molecule has 3 aromatic carbocycles. The first-order valence-corrected chi connectivity index (χ1v) is 13.0. The Labute approximate surface area is 237 Å². The highest BCUT2D eigenvalue weighted by atomic mass is 19.4. The molecule has 1 aromatic heterocycles. The van der Waals surface area contributed by atoms with E-state index in [1.807, 2.05) is 11.8 Å². The molecule has 1 aliphatic rings. The minimum Gasteiger partial charge on any atom is -0.440 e. The number of esters is 2. The van der Waals surface area contributed by atoms with Crippen molar-refractivity contribution in [1.29, 1.82) is 0 Å². The lowest BCUT2D eigenvalue weighted by Crippen LogP contribution is -2.58. The number of nitrogens with zero attached hydrogens (tertiary/aromatic N) is 1. The average molecular weight is 583 g/mol. The van der Waals surface area contributed by atoms with Crippen LogP contribution in [0.1, 0.15) is 46.9 Å². The largest absolute Gasteiger partial charge is 0.491 e. The molecule has 2 heterocycles. The van der Waals surface area contributed by atoms with Gasteiger partial charge in [-0.25, -0.2) is 14.0 Å². The lowest BCUT2D eigenvalue weighted by atomic mass is 9.75. The molecule has 1 unspecified atom stereocenters. The number of para-hydroxylation sites is 1. The van der Waals surface area contributed by atoms with Gasteiger partial charge in [-0.05, 0) is 55.3 Å². The van der Waals surface area contributed by atoms with E-state index in [0.717, 1.165) is 11.1 Å². The van der Waals surface area contributed by atoms with Crippen molar-refractivity contribution in [2.45, 2.75) is 38.4 Å². The highest BCUT2D eigenvalue weighted by molar-refractivity contribution is 6.02. The fraction of sp³-hybridized carbons (Fsp3) is 0.258. The van der Waals surface area contributed by atoms with Gasteiger partial charge in [-0.3, -0.25) is 4.79 Å². The predicted octanol–water partition coefficient (Wildman–Crippen LogP) is 6.44. The number of alkyl halides is 3. The zero-order valence-electron chi connectivity index (χ0n) is 22.8. The molecule has 11 heteroatoms. The van der Waals surface area contributed by atoms with Crippen molar-refractivity contribution in [2.24, 2.45) is 0 Å². The third-order valence-corrected chi connectivity index (χ3v) is 7.32. The van der Waals surface area contributed by atoms with E-state index in [1.54, 1.807) is 44.2 Å². The van der Waals surface area contributed by atoms with Gasteiger partial charge < -0.3 is 19.4 Å². The second-order valence-electron chi connectivity index (χ2n) is 10.7. The van der Waals surface area contributed by atoms with Gasteiger partial charge in [0.15, 0.2) is 11.3 Å². The number of ether oxygens (including phenoxy) is 1. The number of halogens is 4. The van der Waals surface area contributed by atoms with Gasteiger partial charge in [0.05, 0.1) is 17.0 Å². The van der Waals surface area contributed by atoms with Crippen molar-refractivity contribution in [1.82, 2.24) is 0 Å². The molecule has 0 aliphatic carbocycles. The van der Waals surface area contributed by atoms with E-state index >= 15 is 0 Å². The van der Waals surface area contributed by atoms with Crippen molar-refractivity contribution in [3.05, 3.63) is 105 Å². The third-order valence-electron chi connectivity index (χ3n) is 7.32. The highest BCUT2D eigenvalue weighted by Gasteiger charge is 2.43. The maximum atomic E-state index is 13.4. The predicted molar refractivity (Wildman–Crippen MR) is 148 cm³/mol. The summed E-state index contributed by atoms with van der Waals surface area (Å²) in [7, 11) is 0. The summed E-state index contributed by atoms with van der Waals surface area (Å²) < 4.78 is 61.6. The molecule has 0 spiro atoms. The Bertz CT molecular complexity index is 1740. The molecule has 7 nitrogen and oxygen atoms in total. The van der Waals surface area contributed by atoms with Gasteiger partial charge in [0.2, 0.25) is 0 Å². The molecule has 1 fully saturated rings. The maximum absolute atomic E-state index is 13.4. The zero-order chi connectivity index (χ0) is 30.4. The standard InChI is InChI=1S/C31H26F4N2O5/c1-17-12-22(18(2)36-24-7-5-4-6-21(24)28(39)42-29(40)31(33,34)35)27-23(13-17)25(38)14-26(41-27)37-15-30(3,16-37)19-8-10-20(32)11-9-19/h4-14,18,36H,15-16H2,1-3H3. The van der Waals surface area contributed by atoms with Crippen molar-refractivity contribution in [2.75, 3.05) is 23.3 Å². The van der Waals surface area contributed by atoms with E-state index in [0.29, 0.717) is 35.5 Å². The fourth-order valence-corrected chi connectivity index (χ4v) is 5.18. The summed E-state index contributed by atoms with van der Waals surface area (Å²) in [4.78, 5) is 38.7. The molecule has 0 bridgehead atoms. The highest BCUT2D eigenvalue weighted by Crippen LogP contribution is 2.39. The van der Waals surface area contributed by atoms with E-state index in [1.165, 1.54) is 36.4 Å². The van der Waals surface area contributed by atoms with E-state index in [2.05, 4.69) is 10.1 Å². The van der Waals surface area contributed by atoms with Crippen LogP contribution in [0.25, 0.3) is 11.0 Å². The summed E-state index contributed by atoms with van der Waals surface area (Å²) in [6.07, 6.45) is -5.33. The molecular formula is C31H26F4N2O5. The molecule has 1 saturated heterocycles. The summed E-state index contributed by atoms with van der Waals surface area (Å²) >= 11 is 0. The van der Waals surface area contributed by atoms with Crippen LogP contribution in [0.3, 0.4) is 0 Å². The Morgan fingerprint density at radius 3 is 2.38 bits per heavy atom. The van der Waals surface area contributed by atoms with Crippen molar-refractivity contribution in [3.63, 3.8) is 0 Å². The monoisotopic (exact) mass is 582 g/mol. The van der Waals surface area contributed by atoms with Crippen LogP contribution in [0, 0.1) is 12.7 Å². The summed E-state index contributed by atoms with van der Waals surface area (Å²) in [5, 5.41) is 3.42.